The number of rotatable bonds is 1. The normalized spacial score (nSPS) is 20.2. The fourth-order valence-electron chi connectivity index (χ4n) is 1.74. The standard InChI is InChI=1S/C10H11NO3/c12-8-2-1-6-5-11-9(10(13)14)4-7(6)3-8/h4-5,8,12H,1-3H2,(H,13,14). The first-order valence-corrected chi connectivity index (χ1v) is 4.56. The van der Waals surface area contributed by atoms with Crippen molar-refractivity contribution in [2.24, 2.45) is 0 Å². The van der Waals surface area contributed by atoms with E-state index in [9.17, 15) is 9.90 Å². The third-order valence-corrected chi connectivity index (χ3v) is 2.50. The SMILES string of the molecule is O=C(O)c1cc2c(cn1)CCC(O)C2. The Morgan fingerprint density at radius 3 is 3.00 bits per heavy atom. The molecule has 0 aromatic carbocycles. The molecular weight excluding hydrogens is 182 g/mol. The minimum atomic E-state index is -1.02. The summed E-state index contributed by atoms with van der Waals surface area (Å²) in [5.74, 6) is -1.02. The zero-order chi connectivity index (χ0) is 10.1. The lowest BCUT2D eigenvalue weighted by Crippen LogP contribution is -2.19. The first kappa shape index (κ1) is 9.15. The number of hydrogen-bond acceptors (Lipinski definition) is 3. The number of carboxylic acids is 1. The third kappa shape index (κ3) is 1.61. The highest BCUT2D eigenvalue weighted by Gasteiger charge is 2.18. The van der Waals surface area contributed by atoms with Gasteiger partial charge in [-0.3, -0.25) is 0 Å². The summed E-state index contributed by atoms with van der Waals surface area (Å²) in [5.41, 5.74) is 2.02. The maximum atomic E-state index is 10.6. The van der Waals surface area contributed by atoms with Crippen LogP contribution in [0.3, 0.4) is 0 Å². The molecule has 4 heteroatoms. The summed E-state index contributed by atoms with van der Waals surface area (Å²) >= 11 is 0. The molecule has 0 aliphatic heterocycles. The smallest absolute Gasteiger partial charge is 0.354 e. The van der Waals surface area contributed by atoms with E-state index in [1.807, 2.05) is 0 Å². The molecule has 0 spiro atoms. The molecule has 1 unspecified atom stereocenters. The van der Waals surface area contributed by atoms with Crippen LogP contribution in [0.15, 0.2) is 12.3 Å². The molecule has 0 radical (unpaired) electrons. The van der Waals surface area contributed by atoms with Gasteiger partial charge in [0, 0.05) is 6.20 Å². The molecule has 0 fully saturated rings. The minimum absolute atomic E-state index is 0.0536. The highest BCUT2D eigenvalue weighted by molar-refractivity contribution is 5.85. The molecule has 4 nitrogen and oxygen atoms in total. The van der Waals surface area contributed by atoms with Gasteiger partial charge in [0.2, 0.25) is 0 Å². The Kier molecular flexibility index (Phi) is 2.21. The van der Waals surface area contributed by atoms with Gasteiger partial charge in [-0.15, -0.1) is 0 Å². The van der Waals surface area contributed by atoms with Crippen LogP contribution in [0.2, 0.25) is 0 Å². The van der Waals surface area contributed by atoms with Crippen molar-refractivity contribution in [1.82, 2.24) is 4.98 Å². The van der Waals surface area contributed by atoms with Crippen molar-refractivity contribution >= 4 is 5.97 Å². The Morgan fingerprint density at radius 2 is 2.29 bits per heavy atom. The topological polar surface area (TPSA) is 70.4 Å². The van der Waals surface area contributed by atoms with E-state index in [-0.39, 0.29) is 11.8 Å². The van der Waals surface area contributed by atoms with Gasteiger partial charge in [-0.1, -0.05) is 0 Å². The van der Waals surface area contributed by atoms with Crippen LogP contribution in [-0.2, 0) is 12.8 Å². The number of nitrogens with zero attached hydrogens (tertiary/aromatic N) is 1. The zero-order valence-corrected chi connectivity index (χ0v) is 7.60. The molecular formula is C10H11NO3. The van der Waals surface area contributed by atoms with Crippen molar-refractivity contribution in [3.63, 3.8) is 0 Å². The fraction of sp³-hybridized carbons (Fsp3) is 0.400. The maximum Gasteiger partial charge on any atom is 0.354 e. The summed E-state index contributed by atoms with van der Waals surface area (Å²) < 4.78 is 0. The molecule has 0 amide bonds. The summed E-state index contributed by atoms with van der Waals surface area (Å²) in [7, 11) is 0. The number of aromatic nitrogens is 1. The van der Waals surface area contributed by atoms with E-state index in [0.29, 0.717) is 6.42 Å². The largest absolute Gasteiger partial charge is 0.477 e. The highest BCUT2D eigenvalue weighted by Crippen LogP contribution is 2.21. The van der Waals surface area contributed by atoms with Gasteiger partial charge >= 0.3 is 5.97 Å². The quantitative estimate of drug-likeness (QED) is 0.686. The Balaban J connectivity index is 2.37. The van der Waals surface area contributed by atoms with Crippen LogP contribution in [0, 0.1) is 0 Å². The molecule has 0 saturated heterocycles. The van der Waals surface area contributed by atoms with Crippen LogP contribution >= 0.6 is 0 Å². The highest BCUT2D eigenvalue weighted by atomic mass is 16.4. The molecule has 2 rings (SSSR count). The van der Waals surface area contributed by atoms with Crippen molar-refractivity contribution in [2.45, 2.75) is 25.4 Å². The average Bonchev–Trinajstić information content (AvgIpc) is 2.16. The molecule has 1 aliphatic rings. The lowest BCUT2D eigenvalue weighted by atomic mass is 9.91. The number of hydrogen-bond donors (Lipinski definition) is 2. The van der Waals surface area contributed by atoms with Gasteiger partial charge < -0.3 is 10.2 Å². The Morgan fingerprint density at radius 1 is 1.50 bits per heavy atom. The summed E-state index contributed by atoms with van der Waals surface area (Å²) in [6.45, 7) is 0. The fourth-order valence-corrected chi connectivity index (χ4v) is 1.74. The molecule has 74 valence electrons. The van der Waals surface area contributed by atoms with Crippen LogP contribution in [-0.4, -0.2) is 27.3 Å². The van der Waals surface area contributed by atoms with Gasteiger partial charge in [0.25, 0.3) is 0 Å². The number of pyridine rings is 1. The van der Waals surface area contributed by atoms with E-state index >= 15 is 0 Å². The second-order valence-corrected chi connectivity index (χ2v) is 3.54. The number of carboxylic acid groups (broad SMARTS) is 1. The molecule has 0 bridgehead atoms. The van der Waals surface area contributed by atoms with E-state index < -0.39 is 5.97 Å². The van der Waals surface area contributed by atoms with E-state index in [4.69, 9.17) is 5.11 Å². The number of carbonyl (C=O) groups is 1. The van der Waals surface area contributed by atoms with Crippen LogP contribution in [0.25, 0.3) is 0 Å². The van der Waals surface area contributed by atoms with Crippen LogP contribution in [0.4, 0.5) is 0 Å². The Hall–Kier alpha value is -1.42. The number of aliphatic hydroxyl groups excluding tert-OH is 1. The van der Waals surface area contributed by atoms with E-state index in [0.717, 1.165) is 24.0 Å². The van der Waals surface area contributed by atoms with Crippen molar-refractivity contribution in [1.29, 1.82) is 0 Å². The van der Waals surface area contributed by atoms with Gasteiger partial charge in [0.15, 0.2) is 0 Å². The summed E-state index contributed by atoms with van der Waals surface area (Å²) in [6, 6.07) is 1.56. The molecule has 14 heavy (non-hydrogen) atoms. The molecule has 1 atom stereocenters. The van der Waals surface area contributed by atoms with E-state index in [1.54, 1.807) is 12.3 Å². The Bertz CT molecular complexity index is 376. The summed E-state index contributed by atoms with van der Waals surface area (Å²) in [4.78, 5) is 14.5. The van der Waals surface area contributed by atoms with Gasteiger partial charge in [-0.05, 0) is 36.5 Å². The predicted molar refractivity (Wildman–Crippen MR) is 49.2 cm³/mol. The number of aliphatic hydroxyl groups is 1. The second kappa shape index (κ2) is 3.38. The Labute approximate surface area is 81.2 Å². The number of aryl methyl sites for hydroxylation is 1. The van der Waals surface area contributed by atoms with Gasteiger partial charge in [-0.25, -0.2) is 9.78 Å². The molecule has 0 saturated carbocycles. The molecule has 1 aromatic rings. The molecule has 2 N–H and O–H groups in total. The van der Waals surface area contributed by atoms with E-state index in [2.05, 4.69) is 4.98 Å². The number of fused-ring (bicyclic) bond motifs is 1. The third-order valence-electron chi connectivity index (χ3n) is 2.50. The van der Waals surface area contributed by atoms with Crippen LogP contribution < -0.4 is 0 Å². The first-order chi connectivity index (χ1) is 6.66. The predicted octanol–water partition coefficient (Wildman–Crippen LogP) is 0.629. The van der Waals surface area contributed by atoms with Crippen LogP contribution in [0.5, 0.6) is 0 Å². The monoisotopic (exact) mass is 193 g/mol. The van der Waals surface area contributed by atoms with Gasteiger partial charge in [0.1, 0.15) is 5.69 Å². The van der Waals surface area contributed by atoms with E-state index in [1.165, 1.54) is 0 Å². The van der Waals surface area contributed by atoms with Crippen molar-refractivity contribution in [3.8, 4) is 0 Å². The second-order valence-electron chi connectivity index (χ2n) is 3.54. The molecule has 1 heterocycles. The lowest BCUT2D eigenvalue weighted by Gasteiger charge is -2.19. The summed E-state index contributed by atoms with van der Waals surface area (Å²) in [5, 5.41) is 18.1. The number of aromatic carboxylic acids is 1. The first-order valence-electron chi connectivity index (χ1n) is 4.56. The zero-order valence-electron chi connectivity index (χ0n) is 7.60. The maximum absolute atomic E-state index is 10.6. The van der Waals surface area contributed by atoms with Crippen molar-refractivity contribution < 1.29 is 15.0 Å². The minimum Gasteiger partial charge on any atom is -0.477 e. The van der Waals surface area contributed by atoms with Crippen LogP contribution in [0.1, 0.15) is 28.0 Å². The van der Waals surface area contributed by atoms with Gasteiger partial charge in [-0.2, -0.15) is 0 Å². The molecule has 1 aliphatic carbocycles. The van der Waals surface area contributed by atoms with Crippen molar-refractivity contribution in [2.75, 3.05) is 0 Å². The molecule has 1 aromatic heterocycles. The van der Waals surface area contributed by atoms with Gasteiger partial charge in [0.05, 0.1) is 6.10 Å². The van der Waals surface area contributed by atoms with Crippen molar-refractivity contribution in [3.05, 3.63) is 29.1 Å². The lowest BCUT2D eigenvalue weighted by molar-refractivity contribution is 0.0689. The average molecular weight is 193 g/mol. The summed E-state index contributed by atoms with van der Waals surface area (Å²) in [6.07, 6.45) is 3.32.